The van der Waals surface area contributed by atoms with E-state index in [4.69, 9.17) is 15.7 Å². The molecule has 0 atom stereocenters. The Balaban J connectivity index is 2.41. The first-order valence-electron chi connectivity index (χ1n) is 5.41. The molecule has 20 heavy (non-hydrogen) atoms. The number of rotatable bonds is 2. The molecular formula is C13H8F3N3O. The van der Waals surface area contributed by atoms with Crippen LogP contribution in [0.15, 0.2) is 36.5 Å². The van der Waals surface area contributed by atoms with Crippen LogP contribution >= 0.6 is 0 Å². The van der Waals surface area contributed by atoms with Crippen molar-refractivity contribution < 1.29 is 17.9 Å². The summed E-state index contributed by atoms with van der Waals surface area (Å²) in [6.45, 7) is 0. The largest absolute Gasteiger partial charge is 0.454 e. The Morgan fingerprint density at radius 1 is 1.20 bits per heavy atom. The average molecular weight is 279 g/mol. The summed E-state index contributed by atoms with van der Waals surface area (Å²) in [6, 6.07) is 8.73. The highest BCUT2D eigenvalue weighted by molar-refractivity contribution is 5.55. The van der Waals surface area contributed by atoms with Crippen LogP contribution < -0.4 is 10.5 Å². The van der Waals surface area contributed by atoms with E-state index in [0.29, 0.717) is 6.07 Å². The van der Waals surface area contributed by atoms with Crippen molar-refractivity contribution in [1.82, 2.24) is 4.98 Å². The molecular weight excluding hydrogens is 271 g/mol. The van der Waals surface area contributed by atoms with Crippen LogP contribution in [0.25, 0.3) is 0 Å². The fraction of sp³-hybridized carbons (Fsp3) is 0.0769. The number of hydrogen-bond donors (Lipinski definition) is 1. The van der Waals surface area contributed by atoms with Gasteiger partial charge in [-0.05, 0) is 12.1 Å². The van der Waals surface area contributed by atoms with Crippen molar-refractivity contribution in [2.75, 3.05) is 5.73 Å². The van der Waals surface area contributed by atoms with Crippen molar-refractivity contribution in [2.45, 2.75) is 6.18 Å². The third-order valence-corrected chi connectivity index (χ3v) is 2.41. The maximum absolute atomic E-state index is 12.6. The van der Waals surface area contributed by atoms with Gasteiger partial charge in [-0.15, -0.1) is 0 Å². The molecule has 2 aromatic rings. The molecule has 0 bridgehead atoms. The molecule has 4 nitrogen and oxygen atoms in total. The van der Waals surface area contributed by atoms with Gasteiger partial charge in [-0.3, -0.25) is 0 Å². The molecule has 0 saturated heterocycles. The molecule has 0 unspecified atom stereocenters. The van der Waals surface area contributed by atoms with E-state index < -0.39 is 11.9 Å². The number of nitrogens with zero attached hydrogens (tertiary/aromatic N) is 2. The summed E-state index contributed by atoms with van der Waals surface area (Å²) in [4.78, 5) is 3.20. The number of hydrogen-bond acceptors (Lipinski definition) is 4. The van der Waals surface area contributed by atoms with E-state index >= 15 is 0 Å². The Morgan fingerprint density at radius 2 is 1.90 bits per heavy atom. The molecule has 0 aliphatic heterocycles. The molecule has 0 aliphatic rings. The highest BCUT2D eigenvalue weighted by Gasteiger charge is 2.33. The number of para-hydroxylation sites is 1. The van der Waals surface area contributed by atoms with E-state index in [1.807, 2.05) is 6.07 Å². The third-order valence-electron chi connectivity index (χ3n) is 2.41. The standard InChI is InChI=1S/C13H8F3N3O/c14-13(15,16)12-5-11(9(18)7-19-12)20-10-4-2-1-3-8(10)6-17/h1-5,7H,18H2. The summed E-state index contributed by atoms with van der Waals surface area (Å²) in [6.07, 6.45) is -3.73. The number of halogens is 3. The SMILES string of the molecule is N#Cc1ccccc1Oc1cc(C(F)(F)F)ncc1N. The molecule has 1 heterocycles. The van der Waals surface area contributed by atoms with Crippen molar-refractivity contribution >= 4 is 5.69 Å². The predicted octanol–water partition coefficient (Wildman–Crippen LogP) is 3.35. The average Bonchev–Trinajstić information content (AvgIpc) is 2.40. The van der Waals surface area contributed by atoms with E-state index in [1.165, 1.54) is 12.1 Å². The number of aromatic nitrogens is 1. The van der Waals surface area contributed by atoms with Crippen LogP contribution in [0.5, 0.6) is 11.5 Å². The number of nitrogens with two attached hydrogens (primary N) is 1. The van der Waals surface area contributed by atoms with Gasteiger partial charge in [-0.25, -0.2) is 4.98 Å². The first-order valence-corrected chi connectivity index (χ1v) is 5.41. The predicted molar refractivity (Wildman–Crippen MR) is 64.9 cm³/mol. The van der Waals surface area contributed by atoms with Gasteiger partial charge in [-0.2, -0.15) is 18.4 Å². The minimum absolute atomic E-state index is 0.0502. The van der Waals surface area contributed by atoms with E-state index in [1.54, 1.807) is 12.1 Å². The van der Waals surface area contributed by atoms with Crippen molar-refractivity contribution in [2.24, 2.45) is 0 Å². The van der Waals surface area contributed by atoms with Crippen LogP contribution in [0, 0.1) is 11.3 Å². The second-order valence-electron chi connectivity index (χ2n) is 3.82. The zero-order chi connectivity index (χ0) is 14.8. The molecule has 102 valence electrons. The van der Waals surface area contributed by atoms with Crippen LogP contribution in [0.2, 0.25) is 0 Å². The fourth-order valence-electron chi connectivity index (χ4n) is 1.46. The lowest BCUT2D eigenvalue weighted by atomic mass is 10.2. The number of nitrogen functional groups attached to an aromatic ring is 1. The molecule has 2 N–H and O–H groups in total. The number of anilines is 1. The van der Waals surface area contributed by atoms with E-state index in [0.717, 1.165) is 6.20 Å². The van der Waals surface area contributed by atoms with E-state index in [9.17, 15) is 13.2 Å². The quantitative estimate of drug-likeness (QED) is 0.915. The summed E-state index contributed by atoms with van der Waals surface area (Å²) in [5.41, 5.74) is 4.56. The van der Waals surface area contributed by atoms with Gasteiger partial charge < -0.3 is 10.5 Å². The van der Waals surface area contributed by atoms with Gasteiger partial charge in [0.25, 0.3) is 0 Å². The van der Waals surface area contributed by atoms with Crippen LogP contribution in [-0.2, 0) is 6.18 Å². The molecule has 0 spiro atoms. The number of benzene rings is 1. The molecule has 1 aromatic carbocycles. The highest BCUT2D eigenvalue weighted by Crippen LogP contribution is 2.34. The summed E-state index contributed by atoms with van der Waals surface area (Å²) >= 11 is 0. The van der Waals surface area contributed by atoms with Gasteiger partial charge in [0.05, 0.1) is 17.4 Å². The van der Waals surface area contributed by atoms with Crippen molar-refractivity contribution in [3.8, 4) is 17.6 Å². The molecule has 7 heteroatoms. The Hall–Kier alpha value is -2.75. The molecule has 0 aliphatic carbocycles. The van der Waals surface area contributed by atoms with Crippen molar-refractivity contribution in [1.29, 1.82) is 5.26 Å². The lowest BCUT2D eigenvalue weighted by Crippen LogP contribution is -2.08. The molecule has 2 rings (SSSR count). The second kappa shape index (κ2) is 5.09. The van der Waals surface area contributed by atoms with Gasteiger partial charge in [0.15, 0.2) is 5.75 Å². The summed E-state index contributed by atoms with van der Waals surface area (Å²) in [5.74, 6) is -0.0731. The maximum Gasteiger partial charge on any atom is 0.433 e. The highest BCUT2D eigenvalue weighted by atomic mass is 19.4. The van der Waals surface area contributed by atoms with Gasteiger partial charge in [-0.1, -0.05) is 12.1 Å². The zero-order valence-electron chi connectivity index (χ0n) is 9.98. The van der Waals surface area contributed by atoms with Crippen molar-refractivity contribution in [3.63, 3.8) is 0 Å². The van der Waals surface area contributed by atoms with Crippen LogP contribution in [0.4, 0.5) is 18.9 Å². The Bertz CT molecular complexity index is 677. The van der Waals surface area contributed by atoms with Crippen LogP contribution in [-0.4, -0.2) is 4.98 Å². The van der Waals surface area contributed by atoms with Crippen molar-refractivity contribution in [3.05, 3.63) is 47.8 Å². The summed E-state index contributed by atoms with van der Waals surface area (Å²) < 4.78 is 43.0. The van der Waals surface area contributed by atoms with E-state index in [2.05, 4.69) is 4.98 Å². The molecule has 0 fully saturated rings. The Kier molecular flexibility index (Phi) is 3.48. The normalized spacial score (nSPS) is 10.9. The van der Waals surface area contributed by atoms with Gasteiger partial charge in [0.2, 0.25) is 0 Å². The lowest BCUT2D eigenvalue weighted by molar-refractivity contribution is -0.141. The second-order valence-corrected chi connectivity index (χ2v) is 3.82. The minimum Gasteiger partial charge on any atom is -0.454 e. The lowest BCUT2D eigenvalue weighted by Gasteiger charge is -2.12. The fourth-order valence-corrected chi connectivity index (χ4v) is 1.46. The molecule has 1 aromatic heterocycles. The smallest absolute Gasteiger partial charge is 0.433 e. The molecule has 0 radical (unpaired) electrons. The van der Waals surface area contributed by atoms with Gasteiger partial charge in [0.1, 0.15) is 17.5 Å². The summed E-state index contributed by atoms with van der Waals surface area (Å²) in [5, 5.41) is 8.90. The third kappa shape index (κ3) is 2.80. The first-order chi connectivity index (χ1) is 9.41. The number of nitriles is 1. The van der Waals surface area contributed by atoms with Gasteiger partial charge in [0, 0.05) is 6.07 Å². The van der Waals surface area contributed by atoms with Crippen LogP contribution in [0.1, 0.15) is 11.3 Å². The van der Waals surface area contributed by atoms with Crippen LogP contribution in [0.3, 0.4) is 0 Å². The molecule has 0 amide bonds. The monoisotopic (exact) mass is 279 g/mol. The number of ether oxygens (including phenoxy) is 1. The van der Waals surface area contributed by atoms with E-state index in [-0.39, 0.29) is 22.7 Å². The van der Waals surface area contributed by atoms with Gasteiger partial charge >= 0.3 is 6.18 Å². The minimum atomic E-state index is -4.60. The number of pyridine rings is 1. The first kappa shape index (κ1) is 13.7. The Labute approximate surface area is 112 Å². The number of alkyl halides is 3. The molecule has 0 saturated carbocycles. The maximum atomic E-state index is 12.6. The zero-order valence-corrected chi connectivity index (χ0v) is 9.98. The Morgan fingerprint density at radius 3 is 2.55 bits per heavy atom. The summed E-state index contributed by atoms with van der Waals surface area (Å²) in [7, 11) is 0. The topological polar surface area (TPSA) is 71.9 Å².